The average Bonchev–Trinajstić information content (AvgIpc) is 3.54. The highest BCUT2D eigenvalue weighted by molar-refractivity contribution is 6.51. The number of Topliss-reactive ketones (excluding diaryl/α,β-unsaturated/α-hetero) is 1. The van der Waals surface area contributed by atoms with Crippen molar-refractivity contribution in [3.8, 4) is 17.2 Å². The van der Waals surface area contributed by atoms with Crippen molar-refractivity contribution >= 4 is 23.1 Å². The molecule has 3 heterocycles. The number of benzene rings is 2. The van der Waals surface area contributed by atoms with Gasteiger partial charge in [-0.3, -0.25) is 14.5 Å². The quantitative estimate of drug-likeness (QED) is 0.368. The highest BCUT2D eigenvalue weighted by atomic mass is 16.7. The Morgan fingerprint density at radius 3 is 2.59 bits per heavy atom. The Hall–Kier alpha value is -4.20. The minimum atomic E-state index is -0.937. The molecule has 1 N–H and O–H groups in total. The molecule has 0 radical (unpaired) electrons. The normalized spacial score (nSPS) is 18.9. The summed E-state index contributed by atoms with van der Waals surface area (Å²) in [4.78, 5) is 27.5. The SMILES string of the molecule is CCOc1ccc(N2C(=O)C(=O)/C(=C(\O)c3ccc4c(c3)OCO4)C2c2ccco2)cc1. The van der Waals surface area contributed by atoms with E-state index in [4.69, 9.17) is 18.6 Å². The number of ether oxygens (including phenoxy) is 3. The topological polar surface area (TPSA) is 98.4 Å². The summed E-state index contributed by atoms with van der Waals surface area (Å²) in [5, 5.41) is 11.1. The van der Waals surface area contributed by atoms with Crippen LogP contribution in [0.4, 0.5) is 5.69 Å². The minimum Gasteiger partial charge on any atom is -0.507 e. The Labute approximate surface area is 183 Å². The number of aliphatic hydroxyl groups is 1. The van der Waals surface area contributed by atoms with Crippen molar-refractivity contribution in [1.29, 1.82) is 0 Å². The number of fused-ring (bicyclic) bond motifs is 1. The van der Waals surface area contributed by atoms with Gasteiger partial charge in [-0.05, 0) is 61.5 Å². The van der Waals surface area contributed by atoms with Gasteiger partial charge < -0.3 is 23.7 Å². The van der Waals surface area contributed by atoms with Crippen LogP contribution in [0.15, 0.2) is 70.9 Å². The minimum absolute atomic E-state index is 0.0716. The van der Waals surface area contributed by atoms with E-state index in [0.717, 1.165) is 0 Å². The molecule has 1 unspecified atom stereocenters. The molecule has 1 fully saturated rings. The molecular weight excluding hydrogens is 414 g/mol. The maximum Gasteiger partial charge on any atom is 0.300 e. The van der Waals surface area contributed by atoms with E-state index < -0.39 is 17.7 Å². The van der Waals surface area contributed by atoms with Crippen LogP contribution in [0.5, 0.6) is 17.2 Å². The highest BCUT2D eigenvalue weighted by Gasteiger charge is 2.48. The summed E-state index contributed by atoms with van der Waals surface area (Å²) >= 11 is 0. The Morgan fingerprint density at radius 1 is 1.09 bits per heavy atom. The first-order valence-electron chi connectivity index (χ1n) is 10.1. The number of nitrogens with zero attached hydrogens (tertiary/aromatic N) is 1. The Balaban J connectivity index is 1.63. The van der Waals surface area contributed by atoms with Gasteiger partial charge in [-0.25, -0.2) is 0 Å². The molecule has 32 heavy (non-hydrogen) atoms. The van der Waals surface area contributed by atoms with Crippen LogP contribution in [0.1, 0.15) is 24.3 Å². The monoisotopic (exact) mass is 433 g/mol. The van der Waals surface area contributed by atoms with Gasteiger partial charge in [0.15, 0.2) is 11.5 Å². The van der Waals surface area contributed by atoms with Gasteiger partial charge in [0.25, 0.3) is 11.7 Å². The lowest BCUT2D eigenvalue weighted by atomic mass is 9.99. The van der Waals surface area contributed by atoms with Crippen molar-refractivity contribution in [2.24, 2.45) is 0 Å². The largest absolute Gasteiger partial charge is 0.507 e. The molecule has 5 rings (SSSR count). The fourth-order valence-electron chi connectivity index (χ4n) is 3.88. The van der Waals surface area contributed by atoms with E-state index in [-0.39, 0.29) is 18.1 Å². The first-order chi connectivity index (χ1) is 15.6. The van der Waals surface area contributed by atoms with Crippen LogP contribution in [0.2, 0.25) is 0 Å². The smallest absolute Gasteiger partial charge is 0.300 e. The highest BCUT2D eigenvalue weighted by Crippen LogP contribution is 2.43. The standard InChI is InChI=1S/C24H19NO7/c1-2-29-16-8-6-15(7-9-16)25-21(18-4-3-11-30-18)20(23(27)24(25)28)22(26)14-5-10-17-19(12-14)32-13-31-17/h3-12,21,26H,2,13H2,1H3/b22-20-. The van der Waals surface area contributed by atoms with Crippen LogP contribution in [-0.4, -0.2) is 30.2 Å². The summed E-state index contributed by atoms with van der Waals surface area (Å²) in [6.45, 7) is 2.46. The summed E-state index contributed by atoms with van der Waals surface area (Å²) in [5.41, 5.74) is 0.731. The first kappa shape index (κ1) is 19.7. The van der Waals surface area contributed by atoms with E-state index >= 15 is 0 Å². The van der Waals surface area contributed by atoms with Crippen LogP contribution >= 0.6 is 0 Å². The molecule has 2 aliphatic heterocycles. The fourth-order valence-corrected chi connectivity index (χ4v) is 3.88. The van der Waals surface area contributed by atoms with Gasteiger partial charge in [0.2, 0.25) is 6.79 Å². The van der Waals surface area contributed by atoms with Crippen molar-refractivity contribution in [1.82, 2.24) is 0 Å². The van der Waals surface area contributed by atoms with E-state index in [1.54, 1.807) is 54.6 Å². The molecule has 1 atom stereocenters. The molecule has 1 aromatic heterocycles. The Morgan fingerprint density at radius 2 is 1.88 bits per heavy atom. The zero-order valence-corrected chi connectivity index (χ0v) is 17.1. The number of ketones is 1. The molecule has 0 saturated carbocycles. The van der Waals surface area contributed by atoms with E-state index in [1.165, 1.54) is 11.2 Å². The number of hydrogen-bond acceptors (Lipinski definition) is 7. The molecular formula is C24H19NO7. The Kier molecular flexibility index (Phi) is 4.82. The molecule has 8 heteroatoms. The second-order valence-electron chi connectivity index (χ2n) is 7.18. The first-order valence-corrected chi connectivity index (χ1v) is 10.1. The van der Waals surface area contributed by atoms with Gasteiger partial charge in [-0.15, -0.1) is 0 Å². The average molecular weight is 433 g/mol. The Bertz CT molecular complexity index is 1210. The second-order valence-corrected chi connectivity index (χ2v) is 7.18. The molecule has 1 saturated heterocycles. The van der Waals surface area contributed by atoms with E-state index in [0.29, 0.717) is 40.9 Å². The van der Waals surface area contributed by atoms with E-state index in [9.17, 15) is 14.7 Å². The zero-order valence-electron chi connectivity index (χ0n) is 17.1. The summed E-state index contributed by atoms with van der Waals surface area (Å²) in [7, 11) is 0. The number of rotatable bonds is 5. The molecule has 2 aromatic carbocycles. The van der Waals surface area contributed by atoms with Crippen LogP contribution < -0.4 is 19.1 Å². The second kappa shape index (κ2) is 7.81. The maximum absolute atomic E-state index is 13.1. The van der Waals surface area contributed by atoms with Crippen molar-refractivity contribution in [3.63, 3.8) is 0 Å². The van der Waals surface area contributed by atoms with E-state index in [2.05, 4.69) is 0 Å². The summed E-state index contributed by atoms with van der Waals surface area (Å²) in [5.74, 6) is 0.0798. The maximum atomic E-state index is 13.1. The third-order valence-electron chi connectivity index (χ3n) is 5.33. The van der Waals surface area contributed by atoms with Gasteiger partial charge in [0, 0.05) is 11.3 Å². The third kappa shape index (κ3) is 3.17. The predicted octanol–water partition coefficient (Wildman–Crippen LogP) is 4.03. The van der Waals surface area contributed by atoms with Crippen molar-refractivity contribution < 1.29 is 33.3 Å². The van der Waals surface area contributed by atoms with Crippen molar-refractivity contribution in [2.45, 2.75) is 13.0 Å². The van der Waals surface area contributed by atoms with Gasteiger partial charge in [0.05, 0.1) is 18.4 Å². The van der Waals surface area contributed by atoms with Crippen molar-refractivity contribution in [3.05, 3.63) is 77.8 Å². The molecule has 0 bridgehead atoms. The van der Waals surface area contributed by atoms with E-state index in [1.807, 2.05) is 6.92 Å². The lowest BCUT2D eigenvalue weighted by Gasteiger charge is -2.23. The van der Waals surface area contributed by atoms with Gasteiger partial charge >= 0.3 is 0 Å². The zero-order chi connectivity index (χ0) is 22.2. The number of amides is 1. The van der Waals surface area contributed by atoms with Gasteiger partial charge in [-0.2, -0.15) is 0 Å². The van der Waals surface area contributed by atoms with Crippen molar-refractivity contribution in [2.75, 3.05) is 18.3 Å². The van der Waals surface area contributed by atoms with Crippen LogP contribution in [0, 0.1) is 0 Å². The predicted molar refractivity (Wildman–Crippen MR) is 114 cm³/mol. The molecule has 162 valence electrons. The van der Waals surface area contributed by atoms with Gasteiger partial charge in [-0.1, -0.05) is 0 Å². The number of hydrogen-bond donors (Lipinski definition) is 1. The van der Waals surface area contributed by atoms with Gasteiger partial charge in [0.1, 0.15) is 23.3 Å². The third-order valence-corrected chi connectivity index (χ3v) is 5.33. The molecule has 2 aliphatic rings. The summed E-state index contributed by atoms with van der Waals surface area (Å²) in [6.07, 6.45) is 1.45. The lowest BCUT2D eigenvalue weighted by molar-refractivity contribution is -0.132. The fraction of sp³-hybridized carbons (Fsp3) is 0.167. The molecule has 0 aliphatic carbocycles. The lowest BCUT2D eigenvalue weighted by Crippen LogP contribution is -2.29. The number of anilines is 1. The number of carbonyl (C=O) groups is 2. The van der Waals surface area contributed by atoms with Crippen LogP contribution in [0.3, 0.4) is 0 Å². The number of furan rings is 1. The summed E-state index contributed by atoms with van der Waals surface area (Å²) < 4.78 is 21.7. The van der Waals surface area contributed by atoms with Crippen LogP contribution in [0.25, 0.3) is 5.76 Å². The summed E-state index contributed by atoms with van der Waals surface area (Å²) in [6, 6.07) is 14.0. The number of carbonyl (C=O) groups excluding carboxylic acids is 2. The number of aliphatic hydroxyl groups excluding tert-OH is 1. The molecule has 0 spiro atoms. The van der Waals surface area contributed by atoms with Crippen LogP contribution in [-0.2, 0) is 9.59 Å². The molecule has 1 amide bonds. The molecule has 3 aromatic rings. The molecule has 8 nitrogen and oxygen atoms in total.